The van der Waals surface area contributed by atoms with E-state index in [4.69, 9.17) is 20.8 Å². The fraction of sp³-hybridized carbons (Fsp3) is 0.200. The van der Waals surface area contributed by atoms with E-state index in [1.165, 1.54) is 6.07 Å². The minimum atomic E-state index is -0.663. The summed E-state index contributed by atoms with van der Waals surface area (Å²) in [6.07, 6.45) is 0. The van der Waals surface area contributed by atoms with E-state index in [1.807, 2.05) is 31.2 Å². The first-order valence-corrected chi connectivity index (χ1v) is 8.67. The van der Waals surface area contributed by atoms with E-state index >= 15 is 0 Å². The number of halogens is 1. The molecule has 1 N–H and O–H groups in total. The number of amides is 1. The zero-order chi connectivity index (χ0) is 18.7. The average molecular weight is 372 g/mol. The number of alkyl halides is 1. The Morgan fingerprint density at radius 2 is 1.92 bits per heavy atom. The third-order valence-electron chi connectivity index (χ3n) is 3.81. The maximum atomic E-state index is 12.5. The Balaban J connectivity index is 1.95. The fourth-order valence-corrected chi connectivity index (χ4v) is 2.55. The number of ether oxygens (including phenoxy) is 1. The van der Waals surface area contributed by atoms with Gasteiger partial charge in [-0.2, -0.15) is 0 Å². The predicted molar refractivity (Wildman–Crippen MR) is 103 cm³/mol. The minimum absolute atomic E-state index is 0.190. The molecule has 0 bridgehead atoms. The molecule has 1 amide bonds. The molecule has 0 aliphatic carbocycles. The molecule has 0 aliphatic rings. The number of anilines is 1. The lowest BCUT2D eigenvalue weighted by atomic mass is 10.1. The normalized spacial score (nSPS) is 12.0. The van der Waals surface area contributed by atoms with Crippen LogP contribution in [0.3, 0.4) is 0 Å². The molecule has 0 saturated carbocycles. The van der Waals surface area contributed by atoms with Crippen molar-refractivity contribution in [3.63, 3.8) is 0 Å². The molecule has 3 aromatic rings. The molecular weight excluding hydrogens is 354 g/mol. The molecule has 1 heterocycles. The van der Waals surface area contributed by atoms with Crippen molar-refractivity contribution in [3.8, 4) is 17.1 Å². The van der Waals surface area contributed by atoms with Gasteiger partial charge in [0.1, 0.15) is 22.5 Å². The smallest absolute Gasteiger partial charge is 0.242 e. The predicted octanol–water partition coefficient (Wildman–Crippen LogP) is 4.42. The molecule has 0 saturated heterocycles. The van der Waals surface area contributed by atoms with E-state index in [1.54, 1.807) is 25.1 Å². The first-order chi connectivity index (χ1) is 12.5. The van der Waals surface area contributed by atoms with Crippen LogP contribution < -0.4 is 15.5 Å². The van der Waals surface area contributed by atoms with Gasteiger partial charge in [-0.15, -0.1) is 11.6 Å². The Morgan fingerprint density at radius 3 is 2.58 bits per heavy atom. The lowest BCUT2D eigenvalue weighted by molar-refractivity contribution is -0.115. The average Bonchev–Trinajstić information content (AvgIpc) is 2.63. The highest BCUT2D eigenvalue weighted by Crippen LogP contribution is 2.25. The highest BCUT2D eigenvalue weighted by Gasteiger charge is 2.12. The van der Waals surface area contributed by atoms with Gasteiger partial charge in [0.25, 0.3) is 0 Å². The Hall–Kier alpha value is -2.79. The number of carbonyl (C=O) groups is 1. The van der Waals surface area contributed by atoms with Crippen molar-refractivity contribution < 1.29 is 13.9 Å². The topological polar surface area (TPSA) is 68.5 Å². The second-order valence-electron chi connectivity index (χ2n) is 5.75. The van der Waals surface area contributed by atoms with Crippen LogP contribution in [-0.4, -0.2) is 17.9 Å². The van der Waals surface area contributed by atoms with Crippen molar-refractivity contribution in [3.05, 3.63) is 58.8 Å². The van der Waals surface area contributed by atoms with Crippen LogP contribution in [0.1, 0.15) is 13.8 Å². The van der Waals surface area contributed by atoms with E-state index in [2.05, 4.69) is 5.32 Å². The number of hydrogen-bond donors (Lipinski definition) is 1. The molecule has 3 rings (SSSR count). The first kappa shape index (κ1) is 18.0. The summed E-state index contributed by atoms with van der Waals surface area (Å²) in [7, 11) is 0. The quantitative estimate of drug-likeness (QED) is 0.674. The zero-order valence-electron chi connectivity index (χ0n) is 14.4. The van der Waals surface area contributed by atoms with Gasteiger partial charge in [-0.3, -0.25) is 9.59 Å². The molecule has 0 aliphatic heterocycles. The SMILES string of the molecule is CCOc1ccc(-c2cc(=O)c3cc(NC(=O)C(C)Cl)ccc3o2)cc1. The number of carbonyl (C=O) groups excluding carboxylic acids is 1. The van der Waals surface area contributed by atoms with Crippen molar-refractivity contribution in [1.29, 1.82) is 0 Å². The zero-order valence-corrected chi connectivity index (χ0v) is 15.2. The number of nitrogens with one attached hydrogen (secondary N) is 1. The van der Waals surface area contributed by atoms with E-state index in [9.17, 15) is 9.59 Å². The summed E-state index contributed by atoms with van der Waals surface area (Å²) in [5, 5.41) is 2.39. The van der Waals surface area contributed by atoms with Crippen LogP contribution >= 0.6 is 11.6 Å². The summed E-state index contributed by atoms with van der Waals surface area (Å²) in [5.41, 5.74) is 1.53. The van der Waals surface area contributed by atoms with Gasteiger partial charge in [0, 0.05) is 17.3 Å². The fourth-order valence-electron chi connectivity index (χ4n) is 2.50. The summed E-state index contributed by atoms with van der Waals surface area (Å²) in [6.45, 7) is 4.09. The third-order valence-corrected chi connectivity index (χ3v) is 4.00. The van der Waals surface area contributed by atoms with Crippen molar-refractivity contribution in [1.82, 2.24) is 0 Å². The first-order valence-electron chi connectivity index (χ1n) is 8.24. The van der Waals surface area contributed by atoms with E-state index in [0.29, 0.717) is 29.0 Å². The van der Waals surface area contributed by atoms with E-state index in [-0.39, 0.29) is 11.3 Å². The molecule has 0 fully saturated rings. The molecule has 1 aromatic heterocycles. The van der Waals surface area contributed by atoms with Gasteiger partial charge in [-0.1, -0.05) is 0 Å². The monoisotopic (exact) mass is 371 g/mol. The molecule has 1 unspecified atom stereocenters. The van der Waals surface area contributed by atoms with Crippen LogP contribution in [-0.2, 0) is 4.79 Å². The maximum Gasteiger partial charge on any atom is 0.242 e. The van der Waals surface area contributed by atoms with E-state index < -0.39 is 5.38 Å². The van der Waals surface area contributed by atoms with Crippen LogP contribution in [0.25, 0.3) is 22.3 Å². The third kappa shape index (κ3) is 3.89. The maximum absolute atomic E-state index is 12.5. The van der Waals surface area contributed by atoms with Crippen LogP contribution in [0.2, 0.25) is 0 Å². The van der Waals surface area contributed by atoms with Gasteiger partial charge in [0.2, 0.25) is 5.91 Å². The van der Waals surface area contributed by atoms with Gasteiger partial charge in [0.15, 0.2) is 5.43 Å². The lowest BCUT2D eigenvalue weighted by Crippen LogP contribution is -2.20. The van der Waals surface area contributed by atoms with Crippen molar-refractivity contribution in [2.45, 2.75) is 19.2 Å². The summed E-state index contributed by atoms with van der Waals surface area (Å²) in [6, 6.07) is 13.7. The summed E-state index contributed by atoms with van der Waals surface area (Å²) < 4.78 is 11.3. The molecule has 6 heteroatoms. The number of hydrogen-bond acceptors (Lipinski definition) is 4. The summed E-state index contributed by atoms with van der Waals surface area (Å²) >= 11 is 5.75. The molecule has 1 atom stereocenters. The van der Waals surface area contributed by atoms with E-state index in [0.717, 1.165) is 11.3 Å². The lowest BCUT2D eigenvalue weighted by Gasteiger charge is -2.08. The van der Waals surface area contributed by atoms with Crippen molar-refractivity contribution in [2.75, 3.05) is 11.9 Å². The van der Waals surface area contributed by atoms with Crippen molar-refractivity contribution in [2.24, 2.45) is 0 Å². The Morgan fingerprint density at radius 1 is 1.19 bits per heavy atom. The Bertz CT molecular complexity index is 993. The highest BCUT2D eigenvalue weighted by atomic mass is 35.5. The van der Waals surface area contributed by atoms with Crippen LogP contribution in [0.15, 0.2) is 57.7 Å². The Labute approximate surface area is 155 Å². The van der Waals surface area contributed by atoms with Gasteiger partial charge in [0.05, 0.1) is 12.0 Å². The molecule has 134 valence electrons. The van der Waals surface area contributed by atoms with Crippen LogP contribution in [0.4, 0.5) is 5.69 Å². The van der Waals surface area contributed by atoms with Gasteiger partial charge in [-0.05, 0) is 56.3 Å². The highest BCUT2D eigenvalue weighted by molar-refractivity contribution is 6.32. The summed E-state index contributed by atoms with van der Waals surface area (Å²) in [5.74, 6) is 0.895. The van der Waals surface area contributed by atoms with Gasteiger partial charge < -0.3 is 14.5 Å². The largest absolute Gasteiger partial charge is 0.494 e. The minimum Gasteiger partial charge on any atom is -0.494 e. The Kier molecular flexibility index (Phi) is 5.28. The second-order valence-corrected chi connectivity index (χ2v) is 6.40. The number of benzene rings is 2. The molecule has 0 radical (unpaired) electrons. The molecular formula is C20H18ClNO4. The van der Waals surface area contributed by atoms with Gasteiger partial charge >= 0.3 is 0 Å². The summed E-state index contributed by atoms with van der Waals surface area (Å²) in [4.78, 5) is 24.2. The standard InChI is InChI=1S/C20H18ClNO4/c1-3-25-15-7-4-13(5-8-15)19-11-17(23)16-10-14(6-9-18(16)26-19)22-20(24)12(2)21/h4-12H,3H2,1-2H3,(H,22,24). The van der Waals surface area contributed by atoms with Crippen LogP contribution in [0, 0.1) is 0 Å². The molecule has 5 nitrogen and oxygen atoms in total. The molecule has 26 heavy (non-hydrogen) atoms. The number of fused-ring (bicyclic) bond motifs is 1. The molecule has 0 spiro atoms. The second kappa shape index (κ2) is 7.62. The van der Waals surface area contributed by atoms with Crippen molar-refractivity contribution >= 4 is 34.2 Å². The molecule has 2 aromatic carbocycles. The van der Waals surface area contributed by atoms with Crippen LogP contribution in [0.5, 0.6) is 5.75 Å². The number of rotatable bonds is 5. The van der Waals surface area contributed by atoms with Gasteiger partial charge in [-0.25, -0.2) is 0 Å².